The predicted molar refractivity (Wildman–Crippen MR) is 85.5 cm³/mol. The van der Waals surface area contributed by atoms with Crippen LogP contribution in [0.5, 0.6) is 0 Å². The summed E-state index contributed by atoms with van der Waals surface area (Å²) in [5.41, 5.74) is -1.20. The molecule has 0 aliphatic carbocycles. The van der Waals surface area contributed by atoms with Crippen LogP contribution in [0.1, 0.15) is 10.4 Å². The average Bonchev–Trinajstić information content (AvgIpc) is 2.59. The van der Waals surface area contributed by atoms with Crippen molar-refractivity contribution in [2.75, 3.05) is 0 Å². The summed E-state index contributed by atoms with van der Waals surface area (Å²) in [7, 11) is 0. The summed E-state index contributed by atoms with van der Waals surface area (Å²) in [5.74, 6) is -23.3. The third-order valence-corrected chi connectivity index (χ3v) is 5.43. The molecule has 0 bridgehead atoms. The smallest absolute Gasteiger partial charge is 0.287 e. The number of rotatable bonds is 8. The molecule has 0 aromatic heterocycles. The van der Waals surface area contributed by atoms with Gasteiger partial charge in [-0.1, -0.05) is 65.1 Å². The van der Waals surface area contributed by atoms with E-state index >= 15 is 0 Å². The molecule has 1 aromatic carbocycles. The van der Waals surface area contributed by atoms with Crippen molar-refractivity contribution in [3.8, 4) is 0 Å². The second-order valence-corrected chi connectivity index (χ2v) is 7.68. The Bertz CT molecular complexity index is 791. The highest BCUT2D eigenvalue weighted by atomic mass is 35.5. The number of carbonyl (C=O) groups excluding carboxylic acids is 1. The number of hydrogen-bond acceptors (Lipinski definition) is 1. The molecule has 30 heavy (non-hydrogen) atoms. The van der Waals surface area contributed by atoms with E-state index < -0.39 is 49.9 Å². The van der Waals surface area contributed by atoms with Gasteiger partial charge in [-0.2, -0.15) is 35.1 Å². The molecule has 16 heteroatoms. The molecular formula is C14H5Cl4F11O. The lowest BCUT2D eigenvalue weighted by Gasteiger charge is -2.44. The summed E-state index contributed by atoms with van der Waals surface area (Å²) in [5, 5.41) is -25.6. The standard InChI is InChI=1S/C14H5Cl4F11O/c15-9(21,8(19,20)7(30)6-4-2-1-3-5-6)12(24,25)10(16,22)13(26,27)11(17,23)14(18,28)29/h1-5H. The number of alkyl halides is 15. The van der Waals surface area contributed by atoms with Crippen LogP contribution >= 0.6 is 46.4 Å². The minimum atomic E-state index is -7.14. The monoisotopic (exact) mass is 538 g/mol. The molecule has 0 N–H and O–H groups in total. The van der Waals surface area contributed by atoms with E-state index in [4.69, 9.17) is 0 Å². The van der Waals surface area contributed by atoms with Crippen molar-refractivity contribution in [3.63, 3.8) is 0 Å². The van der Waals surface area contributed by atoms with Crippen molar-refractivity contribution in [3.05, 3.63) is 35.9 Å². The first-order valence-electron chi connectivity index (χ1n) is 6.95. The zero-order valence-electron chi connectivity index (χ0n) is 13.5. The highest BCUT2D eigenvalue weighted by Crippen LogP contribution is 2.64. The summed E-state index contributed by atoms with van der Waals surface area (Å²) >= 11 is 16.3. The van der Waals surface area contributed by atoms with Gasteiger partial charge >= 0.3 is 38.5 Å². The molecule has 0 aliphatic rings. The van der Waals surface area contributed by atoms with E-state index in [1.54, 1.807) is 0 Å². The van der Waals surface area contributed by atoms with E-state index in [1.807, 2.05) is 0 Å². The lowest BCUT2D eigenvalue weighted by Crippen LogP contribution is -2.72. The normalized spacial score (nSPS) is 20.1. The largest absolute Gasteiger partial charge is 0.375 e. The molecule has 0 saturated carbocycles. The van der Waals surface area contributed by atoms with Crippen molar-refractivity contribution in [1.29, 1.82) is 0 Å². The first-order valence-corrected chi connectivity index (χ1v) is 8.46. The third kappa shape index (κ3) is 3.71. The second-order valence-electron chi connectivity index (χ2n) is 5.64. The molecule has 3 unspecified atom stereocenters. The van der Waals surface area contributed by atoms with Gasteiger partial charge < -0.3 is 0 Å². The Kier molecular flexibility index (Phi) is 7.01. The Labute approximate surface area is 180 Å². The van der Waals surface area contributed by atoms with Gasteiger partial charge in [0.1, 0.15) is 0 Å². The summed E-state index contributed by atoms with van der Waals surface area (Å²) in [6.07, 6.45) is 0. The zero-order chi connectivity index (χ0) is 24.2. The Morgan fingerprint density at radius 3 is 1.33 bits per heavy atom. The van der Waals surface area contributed by atoms with Gasteiger partial charge in [-0.15, -0.1) is 0 Å². The van der Waals surface area contributed by atoms with E-state index in [2.05, 4.69) is 46.4 Å². The Hall–Kier alpha value is -0.720. The fraction of sp³-hybridized carbons (Fsp3) is 0.500. The number of carbonyl (C=O) groups is 1. The molecule has 1 nitrogen and oxygen atoms in total. The van der Waals surface area contributed by atoms with Crippen LogP contribution in [-0.2, 0) is 0 Å². The van der Waals surface area contributed by atoms with Crippen LogP contribution in [0.2, 0.25) is 0 Å². The van der Waals surface area contributed by atoms with Gasteiger partial charge in [-0.05, 0) is 11.6 Å². The molecule has 0 radical (unpaired) electrons. The van der Waals surface area contributed by atoms with E-state index in [9.17, 15) is 53.1 Å². The molecule has 1 aromatic rings. The first-order chi connectivity index (χ1) is 13.0. The molecule has 0 spiro atoms. The van der Waals surface area contributed by atoms with Crippen molar-refractivity contribution in [1.82, 2.24) is 0 Å². The maximum Gasteiger partial charge on any atom is 0.375 e. The zero-order valence-corrected chi connectivity index (χ0v) is 16.5. The Balaban J connectivity index is 3.61. The van der Waals surface area contributed by atoms with E-state index in [0.717, 1.165) is 18.2 Å². The fourth-order valence-electron chi connectivity index (χ4n) is 1.88. The molecule has 0 aliphatic heterocycles. The highest BCUT2D eigenvalue weighted by Gasteiger charge is 2.90. The van der Waals surface area contributed by atoms with Gasteiger partial charge in [-0.25, -0.2) is 13.2 Å². The number of halogens is 15. The van der Waals surface area contributed by atoms with E-state index in [1.165, 1.54) is 0 Å². The summed E-state index contributed by atoms with van der Waals surface area (Å²) < 4.78 is 152. The molecule has 0 heterocycles. The molecule has 0 amide bonds. The van der Waals surface area contributed by atoms with Crippen molar-refractivity contribution in [2.45, 2.75) is 38.5 Å². The van der Waals surface area contributed by atoms with E-state index in [0.29, 0.717) is 12.1 Å². The van der Waals surface area contributed by atoms with Gasteiger partial charge in [-0.3, -0.25) is 4.79 Å². The van der Waals surface area contributed by atoms with E-state index in [-0.39, 0.29) is 0 Å². The lowest BCUT2D eigenvalue weighted by atomic mass is 9.91. The number of ketones is 1. The van der Waals surface area contributed by atoms with Crippen LogP contribution < -0.4 is 0 Å². The van der Waals surface area contributed by atoms with Crippen LogP contribution in [0.15, 0.2) is 30.3 Å². The van der Waals surface area contributed by atoms with Crippen LogP contribution in [0.25, 0.3) is 0 Å². The van der Waals surface area contributed by atoms with Crippen LogP contribution in [0.3, 0.4) is 0 Å². The maximum absolute atomic E-state index is 14.3. The molecule has 0 saturated heterocycles. The second kappa shape index (κ2) is 7.70. The molecule has 0 fully saturated rings. The summed E-state index contributed by atoms with van der Waals surface area (Å²) in [6.45, 7) is 0. The van der Waals surface area contributed by atoms with Gasteiger partial charge in [0.15, 0.2) is 0 Å². The fourth-order valence-corrected chi connectivity index (χ4v) is 2.70. The van der Waals surface area contributed by atoms with Crippen LogP contribution in [0, 0.1) is 0 Å². The lowest BCUT2D eigenvalue weighted by molar-refractivity contribution is -0.300. The van der Waals surface area contributed by atoms with Crippen molar-refractivity contribution in [2.24, 2.45) is 0 Å². The predicted octanol–water partition coefficient (Wildman–Crippen LogP) is 7.32. The van der Waals surface area contributed by atoms with Gasteiger partial charge in [0.05, 0.1) is 0 Å². The van der Waals surface area contributed by atoms with Gasteiger partial charge in [0, 0.05) is 5.56 Å². The highest BCUT2D eigenvalue weighted by molar-refractivity contribution is 6.35. The Morgan fingerprint density at radius 2 is 0.967 bits per heavy atom. The van der Waals surface area contributed by atoms with Crippen LogP contribution in [-0.4, -0.2) is 44.3 Å². The average molecular weight is 540 g/mol. The molecule has 1 rings (SSSR count). The molecule has 3 atom stereocenters. The molecular weight excluding hydrogens is 535 g/mol. The molecule has 172 valence electrons. The third-order valence-electron chi connectivity index (χ3n) is 3.65. The number of benzene rings is 1. The SMILES string of the molecule is O=C(c1ccccc1)C(F)(F)C(F)(Cl)C(F)(F)C(F)(Cl)C(F)(F)C(F)(Cl)C(F)(F)Cl. The summed E-state index contributed by atoms with van der Waals surface area (Å²) in [4.78, 5) is 11.7. The van der Waals surface area contributed by atoms with Crippen LogP contribution in [0.4, 0.5) is 48.3 Å². The minimum Gasteiger partial charge on any atom is -0.287 e. The Morgan fingerprint density at radius 1 is 0.600 bits per heavy atom. The minimum absolute atomic E-state index is 0.527. The first kappa shape index (κ1) is 27.3. The topological polar surface area (TPSA) is 17.1 Å². The van der Waals surface area contributed by atoms with Crippen molar-refractivity contribution >= 4 is 52.2 Å². The number of hydrogen-bond donors (Lipinski definition) is 0. The van der Waals surface area contributed by atoms with Crippen molar-refractivity contribution < 1.29 is 53.1 Å². The van der Waals surface area contributed by atoms with Gasteiger partial charge in [0.25, 0.3) is 0 Å². The number of Topliss-reactive ketones (excluding diaryl/α,β-unsaturated/α-hetero) is 1. The summed E-state index contributed by atoms with van der Waals surface area (Å²) in [6, 6.07) is 3.96. The maximum atomic E-state index is 14.3. The quantitative estimate of drug-likeness (QED) is 0.192. The van der Waals surface area contributed by atoms with Gasteiger partial charge in [0.2, 0.25) is 5.78 Å².